The van der Waals surface area contributed by atoms with Crippen molar-refractivity contribution < 1.29 is 4.52 Å². The largest absolute Gasteiger partial charge is 0.339 e. The Bertz CT molecular complexity index is 496. The molecule has 1 fully saturated rings. The van der Waals surface area contributed by atoms with E-state index in [1.54, 1.807) is 11.7 Å². The van der Waals surface area contributed by atoms with Crippen molar-refractivity contribution in [3.8, 4) is 10.7 Å². The van der Waals surface area contributed by atoms with Crippen LogP contribution in [0.4, 0.5) is 0 Å². The Morgan fingerprint density at radius 3 is 3.00 bits per heavy atom. The van der Waals surface area contributed by atoms with E-state index in [0.29, 0.717) is 11.7 Å². The van der Waals surface area contributed by atoms with E-state index in [1.165, 1.54) is 30.6 Å². The maximum atomic E-state index is 6.20. The fraction of sp³-hybridized carbons (Fsp3) is 0.583. The van der Waals surface area contributed by atoms with Crippen molar-refractivity contribution in [3.05, 3.63) is 17.6 Å². The van der Waals surface area contributed by atoms with Gasteiger partial charge in [0.15, 0.2) is 0 Å². The third-order valence-corrected chi connectivity index (χ3v) is 4.25. The molecule has 5 nitrogen and oxygen atoms in total. The molecule has 0 saturated heterocycles. The van der Waals surface area contributed by atoms with Crippen LogP contribution < -0.4 is 5.73 Å². The molecular formula is C12H16N4OS. The topological polar surface area (TPSA) is 77.8 Å². The Balaban J connectivity index is 1.83. The van der Waals surface area contributed by atoms with Gasteiger partial charge in [0.05, 0.1) is 16.3 Å². The summed E-state index contributed by atoms with van der Waals surface area (Å²) in [6.45, 7) is 0. The molecular weight excluding hydrogens is 248 g/mol. The van der Waals surface area contributed by atoms with Gasteiger partial charge in [-0.3, -0.25) is 4.98 Å². The highest BCUT2D eigenvalue weighted by Crippen LogP contribution is 2.31. The van der Waals surface area contributed by atoms with Crippen LogP contribution in [0.3, 0.4) is 0 Å². The van der Waals surface area contributed by atoms with E-state index in [4.69, 9.17) is 10.3 Å². The molecule has 0 bridgehead atoms. The fourth-order valence-electron chi connectivity index (χ4n) is 2.46. The molecule has 2 aromatic rings. The molecule has 0 radical (unpaired) electrons. The van der Waals surface area contributed by atoms with Gasteiger partial charge in [0, 0.05) is 12.2 Å². The summed E-state index contributed by atoms with van der Waals surface area (Å²) < 4.78 is 5.39. The lowest BCUT2D eigenvalue weighted by Gasteiger charge is -2.16. The van der Waals surface area contributed by atoms with E-state index in [-0.39, 0.29) is 12.0 Å². The van der Waals surface area contributed by atoms with E-state index in [1.807, 2.05) is 0 Å². The van der Waals surface area contributed by atoms with Crippen LogP contribution in [0.1, 0.15) is 43.9 Å². The summed E-state index contributed by atoms with van der Waals surface area (Å²) in [5.41, 5.74) is 7.97. The van der Waals surface area contributed by atoms with Crippen molar-refractivity contribution in [1.82, 2.24) is 15.1 Å². The van der Waals surface area contributed by atoms with Crippen molar-refractivity contribution in [2.24, 2.45) is 5.73 Å². The SMILES string of the molecule is NC1CCCCCC1c1nc(-c2cncs2)no1. The van der Waals surface area contributed by atoms with E-state index >= 15 is 0 Å². The summed E-state index contributed by atoms with van der Waals surface area (Å²) in [5, 5.41) is 4.03. The monoisotopic (exact) mass is 264 g/mol. The van der Waals surface area contributed by atoms with Crippen LogP contribution >= 0.6 is 11.3 Å². The lowest BCUT2D eigenvalue weighted by atomic mass is 9.95. The van der Waals surface area contributed by atoms with Crippen molar-refractivity contribution >= 4 is 11.3 Å². The molecule has 2 N–H and O–H groups in total. The Morgan fingerprint density at radius 1 is 1.28 bits per heavy atom. The quantitative estimate of drug-likeness (QED) is 0.843. The summed E-state index contributed by atoms with van der Waals surface area (Å²) in [6, 6.07) is 0.141. The van der Waals surface area contributed by atoms with E-state index in [2.05, 4.69) is 15.1 Å². The Labute approximate surface area is 109 Å². The third kappa shape index (κ3) is 2.30. The first-order valence-electron chi connectivity index (χ1n) is 6.32. The van der Waals surface area contributed by atoms with Gasteiger partial charge in [0.25, 0.3) is 0 Å². The number of nitrogens with two attached hydrogens (primary N) is 1. The van der Waals surface area contributed by atoms with E-state index < -0.39 is 0 Å². The van der Waals surface area contributed by atoms with Crippen LogP contribution in [0.25, 0.3) is 10.7 Å². The molecule has 1 aliphatic carbocycles. The summed E-state index contributed by atoms with van der Waals surface area (Å²) in [6.07, 6.45) is 7.49. The average molecular weight is 264 g/mol. The number of rotatable bonds is 2. The Morgan fingerprint density at radius 2 is 2.17 bits per heavy atom. The van der Waals surface area contributed by atoms with Gasteiger partial charge in [-0.15, -0.1) is 11.3 Å². The number of hydrogen-bond acceptors (Lipinski definition) is 6. The van der Waals surface area contributed by atoms with Gasteiger partial charge < -0.3 is 10.3 Å². The number of nitrogens with zero attached hydrogens (tertiary/aromatic N) is 3. The molecule has 0 spiro atoms. The average Bonchev–Trinajstić information content (AvgIpc) is 3.00. The zero-order valence-corrected chi connectivity index (χ0v) is 10.9. The standard InChI is InChI=1S/C12H16N4OS/c13-9-5-3-1-2-4-8(9)12-15-11(16-17-12)10-6-14-7-18-10/h6-9H,1-5,13H2. The van der Waals surface area contributed by atoms with Crippen molar-refractivity contribution in [2.45, 2.75) is 44.1 Å². The fourth-order valence-corrected chi connectivity index (χ4v) is 3.00. The molecule has 3 rings (SSSR count). The molecule has 0 amide bonds. The van der Waals surface area contributed by atoms with Crippen LogP contribution in [0.2, 0.25) is 0 Å². The highest BCUT2D eigenvalue weighted by Gasteiger charge is 2.27. The highest BCUT2D eigenvalue weighted by atomic mass is 32.1. The van der Waals surface area contributed by atoms with Gasteiger partial charge in [-0.1, -0.05) is 24.4 Å². The van der Waals surface area contributed by atoms with E-state index in [0.717, 1.165) is 17.7 Å². The lowest BCUT2D eigenvalue weighted by Crippen LogP contribution is -2.27. The second-order valence-corrected chi connectivity index (χ2v) is 5.62. The summed E-state index contributed by atoms with van der Waals surface area (Å²) >= 11 is 1.51. The summed E-state index contributed by atoms with van der Waals surface area (Å²) in [4.78, 5) is 9.44. The Kier molecular flexibility index (Phi) is 3.38. The summed E-state index contributed by atoms with van der Waals surface area (Å²) in [5.74, 6) is 1.53. The number of aromatic nitrogens is 3. The minimum atomic E-state index is 0.141. The van der Waals surface area contributed by atoms with Crippen LogP contribution in [0.5, 0.6) is 0 Å². The van der Waals surface area contributed by atoms with Gasteiger partial charge in [-0.05, 0) is 12.8 Å². The van der Waals surface area contributed by atoms with Crippen molar-refractivity contribution in [1.29, 1.82) is 0 Å². The predicted molar refractivity (Wildman–Crippen MR) is 69.2 cm³/mol. The normalized spacial score (nSPS) is 24.9. The molecule has 2 aromatic heterocycles. The molecule has 2 heterocycles. The van der Waals surface area contributed by atoms with Crippen LogP contribution in [0.15, 0.2) is 16.2 Å². The first-order valence-corrected chi connectivity index (χ1v) is 7.20. The third-order valence-electron chi connectivity index (χ3n) is 3.48. The molecule has 1 saturated carbocycles. The molecule has 2 atom stereocenters. The maximum Gasteiger partial charge on any atom is 0.231 e. The van der Waals surface area contributed by atoms with Crippen molar-refractivity contribution in [3.63, 3.8) is 0 Å². The number of thiazole rings is 1. The molecule has 0 aromatic carbocycles. The Hall–Kier alpha value is -1.27. The predicted octanol–water partition coefficient (Wildman–Crippen LogP) is 2.57. The van der Waals surface area contributed by atoms with Crippen LogP contribution in [-0.4, -0.2) is 21.2 Å². The van der Waals surface area contributed by atoms with Crippen LogP contribution in [-0.2, 0) is 0 Å². The zero-order chi connectivity index (χ0) is 12.4. The van der Waals surface area contributed by atoms with E-state index in [9.17, 15) is 0 Å². The minimum Gasteiger partial charge on any atom is -0.339 e. The molecule has 96 valence electrons. The molecule has 6 heteroatoms. The molecule has 0 aliphatic heterocycles. The van der Waals surface area contributed by atoms with Gasteiger partial charge in [0.1, 0.15) is 0 Å². The van der Waals surface area contributed by atoms with Crippen molar-refractivity contribution in [2.75, 3.05) is 0 Å². The zero-order valence-electron chi connectivity index (χ0n) is 10.1. The first-order chi connectivity index (χ1) is 8.84. The maximum absolute atomic E-state index is 6.20. The number of hydrogen-bond donors (Lipinski definition) is 1. The minimum absolute atomic E-state index is 0.141. The van der Waals surface area contributed by atoms with Gasteiger partial charge in [-0.2, -0.15) is 4.98 Å². The lowest BCUT2D eigenvalue weighted by molar-refractivity contribution is 0.326. The first kappa shape index (κ1) is 11.8. The molecule has 1 aliphatic rings. The van der Waals surface area contributed by atoms with Gasteiger partial charge >= 0.3 is 0 Å². The second kappa shape index (κ2) is 5.16. The second-order valence-electron chi connectivity index (χ2n) is 4.73. The summed E-state index contributed by atoms with van der Waals surface area (Å²) in [7, 11) is 0. The highest BCUT2D eigenvalue weighted by molar-refractivity contribution is 7.13. The van der Waals surface area contributed by atoms with Gasteiger partial charge in [-0.25, -0.2) is 0 Å². The van der Waals surface area contributed by atoms with Crippen LogP contribution in [0, 0.1) is 0 Å². The smallest absolute Gasteiger partial charge is 0.231 e. The van der Waals surface area contributed by atoms with Gasteiger partial charge in [0.2, 0.25) is 11.7 Å². The molecule has 18 heavy (non-hydrogen) atoms. The molecule has 2 unspecified atom stereocenters.